The summed E-state index contributed by atoms with van der Waals surface area (Å²) in [5.41, 5.74) is 3.62. The average molecular weight is 455 g/mol. The molecular weight excluding hydrogens is 428 g/mol. The number of hydrogen-bond donors (Lipinski definition) is 2. The van der Waals surface area contributed by atoms with E-state index >= 15 is 0 Å². The number of anilines is 1. The number of hydrogen-bond acceptors (Lipinski definition) is 7. The largest absolute Gasteiger partial charge is 0.372 e. The van der Waals surface area contributed by atoms with E-state index in [0.717, 1.165) is 35.2 Å². The molecule has 2 N–H and O–H groups in total. The molecule has 0 aliphatic heterocycles. The zero-order valence-electron chi connectivity index (χ0n) is 17.8. The molecule has 0 fully saturated rings. The van der Waals surface area contributed by atoms with E-state index in [1.54, 1.807) is 6.20 Å². The first-order valence-electron chi connectivity index (χ1n) is 10.2. The lowest BCUT2D eigenvalue weighted by Crippen LogP contribution is -2.32. The van der Waals surface area contributed by atoms with E-state index in [4.69, 9.17) is 9.72 Å². The van der Waals surface area contributed by atoms with Crippen LogP contribution in [0.25, 0.3) is 22.5 Å². The molecule has 8 nitrogen and oxygen atoms in total. The van der Waals surface area contributed by atoms with Crippen molar-refractivity contribution in [2.75, 3.05) is 31.3 Å². The molecule has 0 radical (unpaired) electrons. The smallest absolute Gasteiger partial charge is 0.259 e. The first-order chi connectivity index (χ1) is 15.4. The Morgan fingerprint density at radius 2 is 1.56 bits per heavy atom. The van der Waals surface area contributed by atoms with Gasteiger partial charge >= 0.3 is 0 Å². The molecule has 0 saturated heterocycles. The monoisotopic (exact) mass is 454 g/mol. The molecule has 0 spiro atoms. The number of carbonyl (C=O) groups excluding carboxylic acids is 1. The predicted molar refractivity (Wildman–Crippen MR) is 124 cm³/mol. The Bertz CT molecular complexity index is 1120. The molecular formula is C23H26N4O4S. The van der Waals surface area contributed by atoms with Gasteiger partial charge in [0.1, 0.15) is 12.4 Å². The lowest BCUT2D eigenvalue weighted by molar-refractivity contribution is -0.123. The highest BCUT2D eigenvalue weighted by atomic mass is 32.2. The van der Waals surface area contributed by atoms with E-state index in [-0.39, 0.29) is 6.61 Å². The zero-order chi connectivity index (χ0) is 22.8. The summed E-state index contributed by atoms with van der Waals surface area (Å²) in [4.78, 5) is 20.8. The summed E-state index contributed by atoms with van der Waals surface area (Å²) in [5.74, 6) is 0.00447. The van der Waals surface area contributed by atoms with Crippen LogP contribution in [0.3, 0.4) is 0 Å². The fraction of sp³-hybridized carbons (Fsp3) is 0.261. The number of unbranched alkanes of at least 4 members (excludes halogenated alkanes) is 1. The van der Waals surface area contributed by atoms with Crippen LogP contribution in [0.4, 0.5) is 5.82 Å². The number of carbonyl (C=O) groups is 1. The number of ether oxygens (including phenoxy) is 1. The van der Waals surface area contributed by atoms with Crippen LogP contribution in [-0.2, 0) is 19.6 Å². The van der Waals surface area contributed by atoms with Crippen molar-refractivity contribution in [3.05, 3.63) is 66.9 Å². The average Bonchev–Trinajstić information content (AvgIpc) is 2.78. The van der Waals surface area contributed by atoms with Crippen LogP contribution in [0, 0.1) is 0 Å². The van der Waals surface area contributed by atoms with Crippen LogP contribution in [0.5, 0.6) is 0 Å². The Balaban J connectivity index is 1.54. The standard InChI is InChI=1S/C23H26N4O4S/c1-32(29,30)27-21(28)17-31-15-9-8-14-24-20-16-25-22(18-10-4-2-5-11-18)23(26-20)19-12-6-3-7-13-19/h2-7,10-13,16H,8-9,14-15,17H2,1H3,(H,24,26)(H,27,28). The number of nitrogens with zero attached hydrogens (tertiary/aromatic N) is 2. The van der Waals surface area contributed by atoms with Crippen LogP contribution in [-0.4, -0.2) is 50.3 Å². The molecule has 1 amide bonds. The SMILES string of the molecule is CS(=O)(=O)NC(=O)COCCCCNc1cnc(-c2ccccc2)c(-c2ccccc2)n1. The number of amides is 1. The maximum atomic E-state index is 11.4. The number of benzene rings is 2. The third-order valence-electron chi connectivity index (χ3n) is 4.42. The summed E-state index contributed by atoms with van der Waals surface area (Å²) in [5, 5.41) is 3.28. The van der Waals surface area contributed by atoms with Crippen molar-refractivity contribution in [1.29, 1.82) is 0 Å². The molecule has 1 aromatic heterocycles. The molecule has 0 unspecified atom stereocenters. The number of nitrogens with one attached hydrogen (secondary N) is 2. The normalized spacial score (nSPS) is 11.2. The van der Waals surface area contributed by atoms with Crippen molar-refractivity contribution in [3.8, 4) is 22.5 Å². The Morgan fingerprint density at radius 1 is 0.938 bits per heavy atom. The molecule has 2 aromatic carbocycles. The molecule has 3 aromatic rings. The van der Waals surface area contributed by atoms with Crippen LogP contribution in [0.2, 0.25) is 0 Å². The van der Waals surface area contributed by atoms with Crippen molar-refractivity contribution in [2.24, 2.45) is 0 Å². The maximum Gasteiger partial charge on any atom is 0.259 e. The van der Waals surface area contributed by atoms with E-state index in [1.165, 1.54) is 0 Å². The van der Waals surface area contributed by atoms with Gasteiger partial charge in [-0.15, -0.1) is 0 Å². The lowest BCUT2D eigenvalue weighted by atomic mass is 10.0. The first kappa shape index (κ1) is 23.4. The Kier molecular flexibility index (Phi) is 8.29. The van der Waals surface area contributed by atoms with Crippen LogP contribution >= 0.6 is 0 Å². The second-order valence-corrected chi connectivity index (χ2v) is 8.92. The minimum Gasteiger partial charge on any atom is -0.372 e. The third kappa shape index (κ3) is 7.44. The highest BCUT2D eigenvalue weighted by Gasteiger charge is 2.12. The minimum atomic E-state index is -3.55. The van der Waals surface area contributed by atoms with Gasteiger partial charge in [-0.05, 0) is 12.8 Å². The van der Waals surface area contributed by atoms with Crippen molar-refractivity contribution >= 4 is 21.7 Å². The third-order valence-corrected chi connectivity index (χ3v) is 5.02. The van der Waals surface area contributed by atoms with Crippen LogP contribution < -0.4 is 10.0 Å². The van der Waals surface area contributed by atoms with E-state index in [0.29, 0.717) is 25.4 Å². The van der Waals surface area contributed by atoms with E-state index < -0.39 is 15.9 Å². The summed E-state index contributed by atoms with van der Waals surface area (Å²) >= 11 is 0. The summed E-state index contributed by atoms with van der Waals surface area (Å²) in [6.45, 7) is 0.729. The molecule has 1 heterocycles. The summed E-state index contributed by atoms with van der Waals surface area (Å²) < 4.78 is 29.0. The van der Waals surface area contributed by atoms with E-state index in [9.17, 15) is 13.2 Å². The highest BCUT2D eigenvalue weighted by molar-refractivity contribution is 7.89. The van der Waals surface area contributed by atoms with Crippen molar-refractivity contribution in [1.82, 2.24) is 14.7 Å². The molecule has 9 heteroatoms. The second-order valence-electron chi connectivity index (χ2n) is 7.17. The van der Waals surface area contributed by atoms with Crippen LogP contribution in [0.1, 0.15) is 12.8 Å². The summed E-state index contributed by atoms with van der Waals surface area (Å²) in [6.07, 6.45) is 4.15. The van der Waals surface area contributed by atoms with Gasteiger partial charge in [0, 0.05) is 24.3 Å². The summed E-state index contributed by atoms with van der Waals surface area (Å²) in [7, 11) is -3.55. The van der Waals surface area contributed by atoms with Gasteiger partial charge in [-0.3, -0.25) is 14.5 Å². The Morgan fingerprint density at radius 3 is 2.19 bits per heavy atom. The maximum absolute atomic E-state index is 11.4. The van der Waals surface area contributed by atoms with Crippen molar-refractivity contribution in [3.63, 3.8) is 0 Å². The summed E-state index contributed by atoms with van der Waals surface area (Å²) in [6, 6.07) is 19.9. The molecule has 0 aliphatic carbocycles. The molecule has 0 atom stereocenters. The predicted octanol–water partition coefficient (Wildman–Crippen LogP) is 3.10. The van der Waals surface area contributed by atoms with Crippen molar-refractivity contribution in [2.45, 2.75) is 12.8 Å². The quantitative estimate of drug-likeness (QED) is 0.428. The van der Waals surface area contributed by atoms with E-state index in [2.05, 4.69) is 10.3 Å². The fourth-order valence-corrected chi connectivity index (χ4v) is 3.50. The van der Waals surface area contributed by atoms with Gasteiger partial charge in [-0.25, -0.2) is 13.4 Å². The van der Waals surface area contributed by atoms with Crippen LogP contribution in [0.15, 0.2) is 66.9 Å². The number of sulfonamides is 1. The zero-order valence-corrected chi connectivity index (χ0v) is 18.6. The highest BCUT2D eigenvalue weighted by Crippen LogP contribution is 2.29. The van der Waals surface area contributed by atoms with Gasteiger partial charge in [-0.1, -0.05) is 60.7 Å². The van der Waals surface area contributed by atoms with Crippen molar-refractivity contribution < 1.29 is 17.9 Å². The second kappa shape index (κ2) is 11.4. The Hall–Kier alpha value is -3.30. The van der Waals surface area contributed by atoms with Gasteiger partial charge in [0.15, 0.2) is 0 Å². The molecule has 0 bridgehead atoms. The molecule has 0 aliphatic rings. The fourth-order valence-electron chi connectivity index (χ4n) is 3.03. The van der Waals surface area contributed by atoms with E-state index in [1.807, 2.05) is 65.4 Å². The number of aromatic nitrogens is 2. The number of rotatable bonds is 11. The van der Waals surface area contributed by atoms with Gasteiger partial charge in [0.25, 0.3) is 5.91 Å². The first-order valence-corrected chi connectivity index (χ1v) is 12.1. The minimum absolute atomic E-state index is 0.284. The lowest BCUT2D eigenvalue weighted by Gasteiger charge is -2.12. The Labute approximate surface area is 188 Å². The molecule has 3 rings (SSSR count). The molecule has 0 saturated carbocycles. The van der Waals surface area contributed by atoms with Gasteiger partial charge < -0.3 is 10.1 Å². The molecule has 32 heavy (non-hydrogen) atoms. The van der Waals surface area contributed by atoms with Gasteiger partial charge in [0.05, 0.1) is 23.8 Å². The van der Waals surface area contributed by atoms with Gasteiger partial charge in [0.2, 0.25) is 10.0 Å². The van der Waals surface area contributed by atoms with Gasteiger partial charge in [-0.2, -0.15) is 0 Å². The topological polar surface area (TPSA) is 110 Å². The molecule has 168 valence electrons.